The van der Waals surface area contributed by atoms with Gasteiger partial charge in [-0.1, -0.05) is 0 Å². The Morgan fingerprint density at radius 3 is 0.800 bits per heavy atom. The van der Waals surface area contributed by atoms with Crippen molar-refractivity contribution in [2.45, 2.75) is 0 Å². The van der Waals surface area contributed by atoms with Gasteiger partial charge in [0.25, 0.3) is 0 Å². The van der Waals surface area contributed by atoms with E-state index in [-0.39, 0.29) is 43.9 Å². The fourth-order valence-electron chi connectivity index (χ4n) is 0. The van der Waals surface area contributed by atoms with Gasteiger partial charge in [-0.15, -0.1) is 0 Å². The summed E-state index contributed by atoms with van der Waals surface area (Å²) in [7, 11) is 0. The molecule has 0 saturated heterocycles. The standard InChI is InChI=1S/CH2O3.Ni.5H2O/c2-1(3)4;;;;;;/h(H2,2,3,4);;5*1H2/p-2. The molecule has 0 aliphatic rings. The average molecular weight is 209 g/mol. The van der Waals surface area contributed by atoms with Crippen LogP contribution >= 0.6 is 0 Å². The second-order valence-corrected chi connectivity index (χ2v) is 0.250. The summed E-state index contributed by atoms with van der Waals surface area (Å²) in [5.41, 5.74) is 0. The van der Waals surface area contributed by atoms with Crippen LogP contribution in [0.5, 0.6) is 0 Å². The Balaban J connectivity index is -0.00000000300. The molecule has 0 aliphatic heterocycles. The van der Waals surface area contributed by atoms with Crippen molar-refractivity contribution in [1.82, 2.24) is 0 Å². The van der Waals surface area contributed by atoms with Gasteiger partial charge >= 0.3 is 0 Å². The molecule has 0 aromatic heterocycles. The molecule has 0 unspecified atom stereocenters. The fraction of sp³-hybridized carbons (Fsp3) is 0. The predicted molar refractivity (Wildman–Crippen MR) is 23.5 cm³/mol. The third-order valence-corrected chi connectivity index (χ3v) is 0. The number of carboxylic acid groups (broad SMARTS) is 2. The summed E-state index contributed by atoms with van der Waals surface area (Å²) in [6, 6.07) is 0. The molecule has 0 radical (unpaired) electrons. The normalized spacial score (nSPS) is 2.40. The Labute approximate surface area is 65.9 Å². The summed E-state index contributed by atoms with van der Waals surface area (Å²) in [6.07, 6.45) is -2.33. The van der Waals surface area contributed by atoms with E-state index in [4.69, 9.17) is 15.0 Å². The Hall–Kier alpha value is -0.436. The van der Waals surface area contributed by atoms with E-state index in [0.29, 0.717) is 0 Å². The topological polar surface area (TPSA) is 221 Å². The van der Waals surface area contributed by atoms with Crippen molar-refractivity contribution in [3.63, 3.8) is 0 Å². The second kappa shape index (κ2) is 74.5. The van der Waals surface area contributed by atoms with Crippen LogP contribution in [0, 0.1) is 0 Å². The average Bonchev–Trinajstić information content (AvgIpc) is 0.811. The van der Waals surface area contributed by atoms with Gasteiger partial charge in [-0.3, -0.25) is 0 Å². The maximum absolute atomic E-state index is 8.33. The first-order valence-corrected chi connectivity index (χ1v) is 0.612. The van der Waals surface area contributed by atoms with Crippen molar-refractivity contribution in [3.8, 4) is 0 Å². The van der Waals surface area contributed by atoms with Crippen molar-refractivity contribution in [3.05, 3.63) is 0 Å². The maximum Gasteiger partial charge on any atom is 0 e. The van der Waals surface area contributed by atoms with E-state index >= 15 is 0 Å². The van der Waals surface area contributed by atoms with Crippen LogP contribution < -0.4 is 10.2 Å². The minimum absolute atomic E-state index is 0. The molecular weight excluding hydrogens is 199 g/mol. The van der Waals surface area contributed by atoms with Gasteiger partial charge in [-0.25, -0.2) is 0 Å². The number of carbonyl (C=O) groups is 1. The van der Waals surface area contributed by atoms with E-state index in [2.05, 4.69) is 0 Å². The molecule has 0 saturated carbocycles. The quantitative estimate of drug-likeness (QED) is 0.354. The molecule has 0 aliphatic carbocycles. The first-order chi connectivity index (χ1) is 1.73. The van der Waals surface area contributed by atoms with Crippen LogP contribution in [0.25, 0.3) is 0 Å². The van der Waals surface area contributed by atoms with Crippen molar-refractivity contribution in [1.29, 1.82) is 0 Å². The summed E-state index contributed by atoms with van der Waals surface area (Å²) in [6.45, 7) is 0. The van der Waals surface area contributed by atoms with Gasteiger partial charge in [0.05, 0.1) is 0 Å². The van der Waals surface area contributed by atoms with E-state index in [1.807, 2.05) is 0 Å². The summed E-state index contributed by atoms with van der Waals surface area (Å²) in [4.78, 5) is 8.33. The summed E-state index contributed by atoms with van der Waals surface area (Å²) in [5, 5.41) is 16.7. The van der Waals surface area contributed by atoms with Gasteiger partial charge in [-0.05, 0) is 6.16 Å². The fourth-order valence-corrected chi connectivity index (χ4v) is 0. The summed E-state index contributed by atoms with van der Waals surface area (Å²) < 4.78 is 0. The van der Waals surface area contributed by atoms with Gasteiger partial charge in [0.2, 0.25) is 0 Å². The zero-order valence-electron chi connectivity index (χ0n) is 4.54. The van der Waals surface area contributed by atoms with Crippen molar-refractivity contribution >= 4 is 6.16 Å². The van der Waals surface area contributed by atoms with Crippen molar-refractivity contribution < 1.29 is 58.9 Å². The van der Waals surface area contributed by atoms with Gasteiger partial charge < -0.3 is 42.4 Å². The molecule has 0 atom stereocenters. The molecule has 0 rings (SSSR count). The molecule has 0 fully saturated rings. The molecule has 8 nitrogen and oxygen atoms in total. The van der Waals surface area contributed by atoms with Crippen molar-refractivity contribution in [2.24, 2.45) is 0 Å². The Morgan fingerprint density at radius 2 is 0.800 bits per heavy atom. The Bertz CT molecular complexity index is 32.2. The van der Waals surface area contributed by atoms with Crippen LogP contribution in [0.1, 0.15) is 0 Å². The van der Waals surface area contributed by atoms with Gasteiger partial charge in [0, 0.05) is 16.5 Å². The molecule has 74 valence electrons. The molecule has 10 N–H and O–H groups in total. The third kappa shape index (κ3) is 1710. The Kier molecular flexibility index (Phi) is 796. The predicted octanol–water partition coefficient (Wildman–Crippen LogP) is -6.57. The van der Waals surface area contributed by atoms with Crippen LogP contribution in [0.4, 0.5) is 4.79 Å². The SMILES string of the molecule is O.O.O.O.O.O=C([O-])[O-].[Ni]. The van der Waals surface area contributed by atoms with E-state index < -0.39 is 6.16 Å². The van der Waals surface area contributed by atoms with Gasteiger partial charge in [0.1, 0.15) is 0 Å². The smallest absolute Gasteiger partial charge is 0 e. The minimum Gasteiger partial charge on any atom is -0.652 e. The molecule has 0 aromatic rings. The largest absolute Gasteiger partial charge is 0.652 e. The van der Waals surface area contributed by atoms with Gasteiger partial charge in [-0.2, -0.15) is 0 Å². The zero-order chi connectivity index (χ0) is 3.58. The molecule has 0 aromatic carbocycles. The molecule has 10 heavy (non-hydrogen) atoms. The first kappa shape index (κ1) is 107. The minimum atomic E-state index is -2.33. The van der Waals surface area contributed by atoms with Crippen LogP contribution in [-0.4, -0.2) is 33.5 Å². The molecule has 0 spiro atoms. The molecule has 9 heteroatoms. The van der Waals surface area contributed by atoms with E-state index in [1.54, 1.807) is 0 Å². The number of rotatable bonds is 0. The van der Waals surface area contributed by atoms with Gasteiger partial charge in [0.15, 0.2) is 0 Å². The number of hydrogen-bond acceptors (Lipinski definition) is 3. The summed E-state index contributed by atoms with van der Waals surface area (Å²) in [5.74, 6) is 0. The van der Waals surface area contributed by atoms with E-state index in [0.717, 1.165) is 0 Å². The Morgan fingerprint density at radius 1 is 0.800 bits per heavy atom. The summed E-state index contributed by atoms with van der Waals surface area (Å²) >= 11 is 0. The molecule has 0 amide bonds. The maximum atomic E-state index is 8.33. The van der Waals surface area contributed by atoms with Crippen LogP contribution in [0.2, 0.25) is 0 Å². The van der Waals surface area contributed by atoms with Crippen LogP contribution in [0.15, 0.2) is 0 Å². The molecule has 0 bridgehead atoms. The van der Waals surface area contributed by atoms with Crippen LogP contribution in [0.3, 0.4) is 0 Å². The van der Waals surface area contributed by atoms with E-state index in [1.165, 1.54) is 0 Å². The zero-order valence-corrected chi connectivity index (χ0v) is 5.53. The molecule has 0 heterocycles. The van der Waals surface area contributed by atoms with E-state index in [9.17, 15) is 0 Å². The number of carbonyl (C=O) groups excluding carboxylic acids is 1. The third-order valence-electron chi connectivity index (χ3n) is 0. The second-order valence-electron chi connectivity index (χ2n) is 0.250. The monoisotopic (exact) mass is 208 g/mol. The number of hydrogen-bond donors (Lipinski definition) is 0. The van der Waals surface area contributed by atoms with Crippen LogP contribution in [-0.2, 0) is 16.5 Å². The first-order valence-electron chi connectivity index (χ1n) is 0.612. The van der Waals surface area contributed by atoms with Crippen molar-refractivity contribution in [2.75, 3.05) is 0 Å². The molecular formula is CH10NiO8-2.